The van der Waals surface area contributed by atoms with Crippen LogP contribution in [0.15, 0.2) is 0 Å². The van der Waals surface area contributed by atoms with Crippen molar-refractivity contribution in [2.24, 2.45) is 0 Å². The summed E-state index contributed by atoms with van der Waals surface area (Å²) in [6, 6.07) is -0.632. The van der Waals surface area contributed by atoms with Crippen LogP contribution in [0, 0.1) is 0 Å². The van der Waals surface area contributed by atoms with Crippen molar-refractivity contribution in [2.45, 2.75) is 83.2 Å². The molecule has 0 aromatic rings. The Balaban J connectivity index is 1.67. The summed E-state index contributed by atoms with van der Waals surface area (Å²) in [5.41, 5.74) is 0. The third-order valence-corrected chi connectivity index (χ3v) is 5.99. The summed E-state index contributed by atoms with van der Waals surface area (Å²) in [6.45, 7) is 2.15. The van der Waals surface area contributed by atoms with Gasteiger partial charge in [-0.15, -0.1) is 0 Å². The lowest BCUT2D eigenvalue weighted by atomic mass is 9.94. The van der Waals surface area contributed by atoms with Crippen LogP contribution in [0.1, 0.15) is 71.1 Å². The lowest BCUT2D eigenvalue weighted by molar-refractivity contribution is -0.146. The molecule has 1 aliphatic heterocycles. The maximum atomic E-state index is 12.8. The highest BCUT2D eigenvalue weighted by Gasteiger charge is 2.48. The lowest BCUT2D eigenvalue weighted by Gasteiger charge is -2.34. The molecule has 144 valence electrons. The smallest absolute Gasteiger partial charge is 0.334 e. The molecule has 3 fully saturated rings. The molecule has 0 unspecified atom stereocenters. The van der Waals surface area contributed by atoms with Crippen LogP contribution in [-0.2, 0) is 14.4 Å². The largest absolute Gasteiger partial charge is 0.338 e. The number of carbonyl (C=O) groups is 4. The third-order valence-electron chi connectivity index (χ3n) is 5.99. The van der Waals surface area contributed by atoms with E-state index in [1.807, 2.05) is 6.92 Å². The highest BCUT2D eigenvalue weighted by Crippen LogP contribution is 2.27. The molecule has 0 atom stereocenters. The standard InChI is InChI=1S/C19H29N3O4/c1-2-20(14-9-5-3-6-10-14)16(23)13-21-17(24)18(25)22(19(21)26)15-11-7-4-8-12-15/h14-15H,2-13H2,1H3. The summed E-state index contributed by atoms with van der Waals surface area (Å²) >= 11 is 0. The summed E-state index contributed by atoms with van der Waals surface area (Å²) in [4.78, 5) is 53.8. The topological polar surface area (TPSA) is 78.0 Å². The molecule has 2 saturated carbocycles. The summed E-state index contributed by atoms with van der Waals surface area (Å²) in [5, 5.41) is 0. The number of imide groups is 2. The highest BCUT2D eigenvalue weighted by molar-refractivity contribution is 6.45. The summed E-state index contributed by atoms with van der Waals surface area (Å²) < 4.78 is 0. The second-order valence-electron chi connectivity index (χ2n) is 7.61. The minimum atomic E-state index is -0.853. The molecule has 0 N–H and O–H groups in total. The second kappa shape index (κ2) is 8.18. The van der Waals surface area contributed by atoms with Crippen LogP contribution in [0.5, 0.6) is 0 Å². The zero-order chi connectivity index (χ0) is 18.7. The van der Waals surface area contributed by atoms with Gasteiger partial charge in [0.25, 0.3) is 0 Å². The fourth-order valence-electron chi connectivity index (χ4n) is 4.58. The van der Waals surface area contributed by atoms with E-state index in [4.69, 9.17) is 0 Å². The SMILES string of the molecule is CCN(C(=O)CN1C(=O)C(=O)N(C2CCCCC2)C1=O)C1CCCCC1. The summed E-state index contributed by atoms with van der Waals surface area (Å²) in [7, 11) is 0. The molecule has 7 heteroatoms. The first-order chi connectivity index (χ1) is 12.5. The Morgan fingerprint density at radius 3 is 2.08 bits per heavy atom. The fourth-order valence-corrected chi connectivity index (χ4v) is 4.58. The van der Waals surface area contributed by atoms with Gasteiger partial charge in [0, 0.05) is 18.6 Å². The number of urea groups is 1. The number of likely N-dealkylation sites (N-methyl/N-ethyl adjacent to an activating group) is 1. The van der Waals surface area contributed by atoms with Gasteiger partial charge in [0.2, 0.25) is 5.91 Å². The highest BCUT2D eigenvalue weighted by atomic mass is 16.2. The number of hydrogen-bond acceptors (Lipinski definition) is 4. The Bertz CT molecular complexity index is 579. The van der Waals surface area contributed by atoms with Crippen LogP contribution in [0.2, 0.25) is 0 Å². The molecular weight excluding hydrogens is 334 g/mol. The number of carbonyl (C=O) groups excluding carboxylic acids is 4. The van der Waals surface area contributed by atoms with Crippen LogP contribution in [-0.4, -0.2) is 63.6 Å². The molecule has 3 aliphatic rings. The van der Waals surface area contributed by atoms with Gasteiger partial charge >= 0.3 is 17.8 Å². The molecule has 0 bridgehead atoms. The Morgan fingerprint density at radius 1 is 0.923 bits per heavy atom. The molecule has 0 spiro atoms. The van der Waals surface area contributed by atoms with Crippen molar-refractivity contribution in [3.63, 3.8) is 0 Å². The van der Waals surface area contributed by atoms with E-state index in [1.54, 1.807) is 4.90 Å². The average Bonchev–Trinajstić information content (AvgIpc) is 2.87. The summed E-state index contributed by atoms with van der Waals surface area (Å²) in [6.07, 6.45) is 9.83. The first-order valence-electron chi connectivity index (χ1n) is 10.0. The lowest BCUT2D eigenvalue weighted by Crippen LogP contribution is -2.48. The minimum absolute atomic E-state index is 0.180. The molecule has 5 amide bonds. The van der Waals surface area contributed by atoms with E-state index in [0.717, 1.165) is 67.6 Å². The molecule has 0 aromatic carbocycles. The number of hydrogen-bond donors (Lipinski definition) is 0. The Labute approximate surface area is 154 Å². The minimum Gasteiger partial charge on any atom is -0.338 e. The van der Waals surface area contributed by atoms with Gasteiger partial charge in [-0.05, 0) is 32.6 Å². The summed E-state index contributed by atoms with van der Waals surface area (Å²) in [5.74, 6) is -1.86. The molecule has 1 saturated heterocycles. The molecule has 26 heavy (non-hydrogen) atoms. The van der Waals surface area contributed by atoms with E-state index in [9.17, 15) is 19.2 Å². The van der Waals surface area contributed by atoms with Gasteiger partial charge in [0.1, 0.15) is 6.54 Å². The second-order valence-corrected chi connectivity index (χ2v) is 7.61. The monoisotopic (exact) mass is 363 g/mol. The van der Waals surface area contributed by atoms with E-state index >= 15 is 0 Å². The van der Waals surface area contributed by atoms with Gasteiger partial charge < -0.3 is 4.90 Å². The zero-order valence-corrected chi connectivity index (χ0v) is 15.6. The first kappa shape index (κ1) is 18.9. The van der Waals surface area contributed by atoms with E-state index in [-0.39, 0.29) is 24.5 Å². The van der Waals surface area contributed by atoms with Gasteiger partial charge in [-0.3, -0.25) is 19.3 Å². The van der Waals surface area contributed by atoms with Crippen LogP contribution in [0.4, 0.5) is 4.79 Å². The van der Waals surface area contributed by atoms with Gasteiger partial charge in [-0.25, -0.2) is 9.69 Å². The molecule has 2 aliphatic carbocycles. The predicted octanol–water partition coefficient (Wildman–Crippen LogP) is 2.29. The van der Waals surface area contributed by atoms with Gasteiger partial charge in [-0.2, -0.15) is 0 Å². The normalized spacial score (nSPS) is 23.0. The van der Waals surface area contributed by atoms with E-state index in [2.05, 4.69) is 0 Å². The van der Waals surface area contributed by atoms with Crippen molar-refractivity contribution in [3.05, 3.63) is 0 Å². The van der Waals surface area contributed by atoms with Crippen LogP contribution in [0.3, 0.4) is 0 Å². The van der Waals surface area contributed by atoms with E-state index in [0.29, 0.717) is 6.54 Å². The number of amides is 5. The van der Waals surface area contributed by atoms with Crippen molar-refractivity contribution >= 4 is 23.8 Å². The van der Waals surface area contributed by atoms with Crippen molar-refractivity contribution in [1.82, 2.24) is 14.7 Å². The Kier molecular flexibility index (Phi) is 5.94. The number of rotatable bonds is 5. The van der Waals surface area contributed by atoms with Gasteiger partial charge in [0.05, 0.1) is 0 Å². The maximum absolute atomic E-state index is 12.8. The fraction of sp³-hybridized carbons (Fsp3) is 0.789. The molecule has 0 aromatic heterocycles. The van der Waals surface area contributed by atoms with Crippen LogP contribution >= 0.6 is 0 Å². The van der Waals surface area contributed by atoms with Crippen LogP contribution in [0.25, 0.3) is 0 Å². The predicted molar refractivity (Wildman–Crippen MR) is 95.1 cm³/mol. The van der Waals surface area contributed by atoms with E-state index < -0.39 is 17.8 Å². The molecule has 0 radical (unpaired) electrons. The average molecular weight is 363 g/mol. The van der Waals surface area contributed by atoms with Gasteiger partial charge in [0.15, 0.2) is 0 Å². The van der Waals surface area contributed by atoms with Crippen molar-refractivity contribution in [1.29, 1.82) is 0 Å². The quantitative estimate of drug-likeness (QED) is 0.555. The molecule has 3 rings (SSSR count). The van der Waals surface area contributed by atoms with Crippen molar-refractivity contribution in [3.8, 4) is 0 Å². The van der Waals surface area contributed by atoms with Crippen molar-refractivity contribution in [2.75, 3.05) is 13.1 Å². The van der Waals surface area contributed by atoms with E-state index in [1.165, 1.54) is 6.42 Å². The number of nitrogens with zero attached hydrogens (tertiary/aromatic N) is 3. The molecule has 1 heterocycles. The Hall–Kier alpha value is -1.92. The zero-order valence-electron chi connectivity index (χ0n) is 15.6. The molecule has 7 nitrogen and oxygen atoms in total. The maximum Gasteiger partial charge on any atom is 0.334 e. The third kappa shape index (κ3) is 3.62. The van der Waals surface area contributed by atoms with Crippen LogP contribution < -0.4 is 0 Å². The first-order valence-corrected chi connectivity index (χ1v) is 10.0. The van der Waals surface area contributed by atoms with Gasteiger partial charge in [-0.1, -0.05) is 38.5 Å². The Morgan fingerprint density at radius 2 is 1.50 bits per heavy atom. The van der Waals surface area contributed by atoms with Crippen molar-refractivity contribution < 1.29 is 19.2 Å². The molecular formula is C19H29N3O4.